The van der Waals surface area contributed by atoms with Crippen LogP contribution in [0.15, 0.2) is 84.9 Å². The van der Waals surface area contributed by atoms with Crippen molar-refractivity contribution in [2.45, 2.75) is 13.5 Å². The van der Waals surface area contributed by atoms with Crippen molar-refractivity contribution in [3.05, 3.63) is 117 Å². The van der Waals surface area contributed by atoms with E-state index >= 15 is 0 Å². The molecule has 32 heavy (non-hydrogen) atoms. The molecule has 0 radical (unpaired) electrons. The monoisotopic (exact) mass is 420 g/mol. The van der Waals surface area contributed by atoms with Crippen molar-refractivity contribution in [3.8, 4) is 11.8 Å². The molecule has 156 valence electrons. The van der Waals surface area contributed by atoms with Gasteiger partial charge in [0.25, 0.3) is 5.69 Å². The zero-order valence-corrected chi connectivity index (χ0v) is 17.5. The molecule has 4 aromatic carbocycles. The maximum atomic E-state index is 10.9. The number of non-ortho nitro benzene ring substituents is 1. The second-order valence-corrected chi connectivity index (χ2v) is 7.45. The van der Waals surface area contributed by atoms with Gasteiger partial charge in [-0.3, -0.25) is 10.1 Å². The molecule has 4 aromatic rings. The molecule has 0 aliphatic rings. The van der Waals surface area contributed by atoms with Gasteiger partial charge < -0.3 is 4.74 Å². The van der Waals surface area contributed by atoms with E-state index in [0.29, 0.717) is 11.3 Å². The predicted octanol–water partition coefficient (Wildman–Crippen LogP) is 6.70. The molecular weight excluding hydrogens is 400 g/mol. The van der Waals surface area contributed by atoms with Gasteiger partial charge in [0, 0.05) is 17.7 Å². The quantitative estimate of drug-likeness (QED) is 0.150. The van der Waals surface area contributed by atoms with Gasteiger partial charge in [-0.2, -0.15) is 5.26 Å². The van der Waals surface area contributed by atoms with Crippen LogP contribution in [0.2, 0.25) is 0 Å². The highest BCUT2D eigenvalue weighted by molar-refractivity contribution is 6.00. The van der Waals surface area contributed by atoms with Gasteiger partial charge in [0.2, 0.25) is 0 Å². The lowest BCUT2D eigenvalue weighted by molar-refractivity contribution is -0.384. The number of benzene rings is 4. The van der Waals surface area contributed by atoms with Crippen molar-refractivity contribution >= 4 is 28.1 Å². The van der Waals surface area contributed by atoms with Crippen LogP contribution in [0.4, 0.5) is 5.69 Å². The van der Waals surface area contributed by atoms with Gasteiger partial charge >= 0.3 is 0 Å². The van der Waals surface area contributed by atoms with Crippen LogP contribution in [0.5, 0.6) is 5.75 Å². The number of hydrogen-bond acceptors (Lipinski definition) is 4. The smallest absolute Gasteiger partial charge is 0.269 e. The first-order chi connectivity index (χ1) is 15.5. The number of nitro groups is 1. The van der Waals surface area contributed by atoms with Gasteiger partial charge in [-0.15, -0.1) is 0 Å². The molecule has 0 fully saturated rings. The van der Waals surface area contributed by atoms with Crippen LogP contribution in [0, 0.1) is 28.4 Å². The minimum absolute atomic E-state index is 0.0415. The number of hydrogen-bond donors (Lipinski definition) is 0. The van der Waals surface area contributed by atoms with E-state index in [4.69, 9.17) is 4.74 Å². The average Bonchev–Trinajstić information content (AvgIpc) is 2.82. The van der Waals surface area contributed by atoms with E-state index in [1.807, 2.05) is 73.7 Å². The molecule has 0 amide bonds. The van der Waals surface area contributed by atoms with Crippen LogP contribution < -0.4 is 4.74 Å². The summed E-state index contributed by atoms with van der Waals surface area (Å²) in [5, 5.41) is 22.7. The lowest BCUT2D eigenvalue weighted by Crippen LogP contribution is -1.98. The summed E-state index contributed by atoms with van der Waals surface area (Å²) >= 11 is 0. The lowest BCUT2D eigenvalue weighted by atomic mass is 9.98. The molecule has 0 saturated heterocycles. The second-order valence-electron chi connectivity index (χ2n) is 7.45. The Morgan fingerprint density at radius 2 is 1.72 bits per heavy atom. The van der Waals surface area contributed by atoms with E-state index in [0.717, 1.165) is 33.0 Å². The number of rotatable bonds is 6. The van der Waals surface area contributed by atoms with Crippen molar-refractivity contribution in [3.63, 3.8) is 0 Å². The van der Waals surface area contributed by atoms with E-state index in [9.17, 15) is 15.4 Å². The highest BCUT2D eigenvalue weighted by atomic mass is 16.6. The maximum absolute atomic E-state index is 10.9. The van der Waals surface area contributed by atoms with E-state index in [-0.39, 0.29) is 12.3 Å². The highest BCUT2D eigenvalue weighted by Gasteiger charge is 2.11. The first kappa shape index (κ1) is 20.8. The van der Waals surface area contributed by atoms with Crippen LogP contribution in [0.1, 0.15) is 22.3 Å². The van der Waals surface area contributed by atoms with Gasteiger partial charge in [-0.25, -0.2) is 0 Å². The summed E-state index contributed by atoms with van der Waals surface area (Å²) in [5.74, 6) is 0.641. The molecule has 0 aliphatic heterocycles. The fraction of sp³-hybridized carbons (Fsp3) is 0.0741. The third-order valence-corrected chi connectivity index (χ3v) is 5.24. The Kier molecular flexibility index (Phi) is 5.96. The number of aryl methyl sites for hydroxylation is 1. The van der Waals surface area contributed by atoms with E-state index in [2.05, 4.69) is 6.07 Å². The largest absolute Gasteiger partial charge is 0.488 e. The third kappa shape index (κ3) is 4.50. The normalized spacial score (nSPS) is 11.2. The maximum Gasteiger partial charge on any atom is 0.269 e. The first-order valence-corrected chi connectivity index (χ1v) is 10.1. The molecule has 0 atom stereocenters. The summed E-state index contributed by atoms with van der Waals surface area (Å²) in [5.41, 5.74) is 4.19. The minimum Gasteiger partial charge on any atom is -0.488 e. The zero-order chi connectivity index (χ0) is 22.5. The predicted molar refractivity (Wildman–Crippen MR) is 126 cm³/mol. The third-order valence-electron chi connectivity index (χ3n) is 5.24. The topological polar surface area (TPSA) is 76.2 Å². The van der Waals surface area contributed by atoms with Gasteiger partial charge in [0.15, 0.2) is 0 Å². The first-order valence-electron chi connectivity index (χ1n) is 10.1. The number of ether oxygens (including phenoxy) is 1. The minimum atomic E-state index is -0.425. The molecule has 0 bridgehead atoms. The van der Waals surface area contributed by atoms with Crippen molar-refractivity contribution < 1.29 is 9.66 Å². The molecule has 5 nitrogen and oxygen atoms in total. The Morgan fingerprint density at radius 3 is 2.41 bits per heavy atom. The second kappa shape index (κ2) is 9.15. The van der Waals surface area contributed by atoms with Crippen molar-refractivity contribution in [2.75, 3.05) is 0 Å². The summed E-state index contributed by atoms with van der Waals surface area (Å²) in [4.78, 5) is 10.4. The zero-order valence-electron chi connectivity index (χ0n) is 17.5. The SMILES string of the molecule is Cc1ccc(/C(C#N)=C\c2c(OCc3ccc([N+](=O)[O-])cc3)ccc3ccccc23)cc1. The molecule has 4 rings (SSSR count). The summed E-state index contributed by atoms with van der Waals surface area (Å²) in [7, 11) is 0. The fourth-order valence-electron chi connectivity index (χ4n) is 3.48. The Hall–Kier alpha value is -4.43. The van der Waals surface area contributed by atoms with Crippen molar-refractivity contribution in [1.29, 1.82) is 5.26 Å². The van der Waals surface area contributed by atoms with Crippen molar-refractivity contribution in [2.24, 2.45) is 0 Å². The molecule has 0 spiro atoms. The summed E-state index contributed by atoms with van der Waals surface area (Å²) in [6.07, 6.45) is 1.86. The summed E-state index contributed by atoms with van der Waals surface area (Å²) < 4.78 is 6.11. The Labute approximate surface area is 186 Å². The highest BCUT2D eigenvalue weighted by Crippen LogP contribution is 2.32. The summed E-state index contributed by atoms with van der Waals surface area (Å²) in [6, 6.07) is 28.3. The Morgan fingerprint density at radius 1 is 1.00 bits per heavy atom. The number of allylic oxidation sites excluding steroid dienone is 1. The Balaban J connectivity index is 1.73. The molecule has 0 aromatic heterocycles. The standard InChI is InChI=1S/C27H20N2O3/c1-19-6-10-21(11-7-19)23(17-28)16-26-25-5-3-2-4-22(25)12-15-27(26)32-18-20-8-13-24(14-9-20)29(30)31/h2-16H,18H2,1H3/b23-16-. The van der Waals surface area contributed by atoms with Crippen molar-refractivity contribution in [1.82, 2.24) is 0 Å². The van der Waals surface area contributed by atoms with Crippen LogP contribution in [0.3, 0.4) is 0 Å². The van der Waals surface area contributed by atoms with Crippen LogP contribution in [-0.2, 0) is 6.61 Å². The molecular formula is C27H20N2O3. The number of fused-ring (bicyclic) bond motifs is 1. The van der Waals surface area contributed by atoms with E-state index in [1.165, 1.54) is 12.1 Å². The Bertz CT molecular complexity index is 1350. The molecule has 0 heterocycles. The van der Waals surface area contributed by atoms with Crippen LogP contribution in [0.25, 0.3) is 22.4 Å². The fourth-order valence-corrected chi connectivity index (χ4v) is 3.48. The molecule has 0 unspecified atom stereocenters. The van der Waals surface area contributed by atoms with Gasteiger partial charge in [-0.1, -0.05) is 60.2 Å². The summed E-state index contributed by atoms with van der Waals surface area (Å²) in [6.45, 7) is 2.26. The van der Waals surface area contributed by atoms with Gasteiger partial charge in [-0.05, 0) is 53.1 Å². The molecule has 0 saturated carbocycles. The number of nitro benzene ring substituents is 1. The molecule has 0 N–H and O–H groups in total. The average molecular weight is 420 g/mol. The molecule has 0 aliphatic carbocycles. The van der Waals surface area contributed by atoms with Crippen LogP contribution in [-0.4, -0.2) is 4.92 Å². The number of nitriles is 1. The van der Waals surface area contributed by atoms with Gasteiger partial charge in [0.05, 0.1) is 16.6 Å². The molecule has 5 heteroatoms. The lowest BCUT2D eigenvalue weighted by Gasteiger charge is -2.13. The van der Waals surface area contributed by atoms with E-state index < -0.39 is 4.92 Å². The van der Waals surface area contributed by atoms with Gasteiger partial charge in [0.1, 0.15) is 12.4 Å². The number of nitrogens with zero attached hydrogens (tertiary/aromatic N) is 2. The van der Waals surface area contributed by atoms with E-state index in [1.54, 1.807) is 12.1 Å². The van der Waals surface area contributed by atoms with Crippen LogP contribution >= 0.6 is 0 Å².